The number of thiocarbonyl (C=S) groups is 1. The Bertz CT molecular complexity index is 1250. The first-order valence-corrected chi connectivity index (χ1v) is 13.4. The lowest BCUT2D eigenvalue weighted by molar-refractivity contribution is -0.124. The molecule has 182 valence electrons. The Balaban J connectivity index is 1.71. The number of anilines is 1. The third-order valence-electron chi connectivity index (χ3n) is 6.78. The van der Waals surface area contributed by atoms with E-state index in [0.717, 1.165) is 32.1 Å². The van der Waals surface area contributed by atoms with Gasteiger partial charge in [0.2, 0.25) is 0 Å². The molecule has 0 bridgehead atoms. The molecule has 6 nitrogen and oxygen atoms in total. The Hall–Kier alpha value is -2.89. The molecular formula is C27H30N4O2S2. The molecule has 2 aliphatic rings. The van der Waals surface area contributed by atoms with E-state index in [9.17, 15) is 14.9 Å². The summed E-state index contributed by atoms with van der Waals surface area (Å²) in [7, 11) is 0. The number of carbonyl (C=O) groups is 1. The molecule has 0 radical (unpaired) electrons. The average Bonchev–Trinajstić information content (AvgIpc) is 3.15. The molecule has 1 aliphatic heterocycles. The second kappa shape index (κ2) is 11.2. The Morgan fingerprint density at radius 2 is 1.91 bits per heavy atom. The van der Waals surface area contributed by atoms with Crippen LogP contribution in [0.5, 0.6) is 0 Å². The number of aromatic nitrogens is 1. The number of thioether (sulfide) groups is 1. The minimum Gasteiger partial charge on any atom is -0.371 e. The molecule has 35 heavy (non-hydrogen) atoms. The van der Waals surface area contributed by atoms with E-state index in [1.165, 1.54) is 23.7 Å². The van der Waals surface area contributed by atoms with E-state index in [-0.39, 0.29) is 23.1 Å². The summed E-state index contributed by atoms with van der Waals surface area (Å²) in [5, 5.41) is 13.2. The van der Waals surface area contributed by atoms with Gasteiger partial charge in [-0.15, -0.1) is 0 Å². The van der Waals surface area contributed by atoms with Gasteiger partial charge in [0.25, 0.3) is 11.5 Å². The predicted octanol–water partition coefficient (Wildman–Crippen LogP) is 5.24. The largest absolute Gasteiger partial charge is 0.371 e. The first-order chi connectivity index (χ1) is 17.0. The lowest BCUT2D eigenvalue weighted by atomic mass is 9.94. The van der Waals surface area contributed by atoms with E-state index in [1.54, 1.807) is 16.4 Å². The molecular weight excluding hydrogens is 476 g/mol. The second-order valence-corrected chi connectivity index (χ2v) is 10.6. The molecule has 1 aromatic heterocycles. The highest BCUT2D eigenvalue weighted by Crippen LogP contribution is 2.38. The number of benzene rings is 1. The number of pyridine rings is 1. The number of hydrogen-bond acceptors (Lipinski definition) is 6. The number of nitriles is 1. The van der Waals surface area contributed by atoms with Crippen LogP contribution in [0, 0.1) is 18.3 Å². The number of rotatable bonds is 7. The van der Waals surface area contributed by atoms with Gasteiger partial charge >= 0.3 is 0 Å². The molecule has 1 aliphatic carbocycles. The van der Waals surface area contributed by atoms with Crippen LogP contribution in [-0.2, 0) is 17.8 Å². The molecule has 8 heteroatoms. The maximum Gasteiger partial charge on any atom is 0.270 e. The Morgan fingerprint density at radius 3 is 2.57 bits per heavy atom. The summed E-state index contributed by atoms with van der Waals surface area (Å²) in [5.74, 6) is 0.558. The van der Waals surface area contributed by atoms with Gasteiger partial charge in [0, 0.05) is 24.7 Å². The van der Waals surface area contributed by atoms with Gasteiger partial charge < -0.3 is 5.32 Å². The van der Waals surface area contributed by atoms with Crippen molar-refractivity contribution in [3.8, 4) is 6.07 Å². The molecule has 1 aromatic carbocycles. The average molecular weight is 507 g/mol. The molecule has 2 fully saturated rings. The van der Waals surface area contributed by atoms with Crippen molar-refractivity contribution in [3.63, 3.8) is 0 Å². The molecule has 1 saturated heterocycles. The highest BCUT2D eigenvalue weighted by Gasteiger charge is 2.37. The van der Waals surface area contributed by atoms with Crippen LogP contribution in [0.1, 0.15) is 61.3 Å². The van der Waals surface area contributed by atoms with Crippen LogP contribution in [0.25, 0.3) is 6.08 Å². The third kappa shape index (κ3) is 5.21. The highest BCUT2D eigenvalue weighted by molar-refractivity contribution is 8.26. The Labute approximate surface area is 216 Å². The zero-order valence-electron chi connectivity index (χ0n) is 20.2. The Morgan fingerprint density at radius 1 is 1.20 bits per heavy atom. The minimum absolute atomic E-state index is 0.0747. The van der Waals surface area contributed by atoms with Crippen molar-refractivity contribution in [2.45, 2.75) is 65.0 Å². The fourth-order valence-corrected chi connectivity index (χ4v) is 6.27. The van der Waals surface area contributed by atoms with E-state index < -0.39 is 0 Å². The summed E-state index contributed by atoms with van der Waals surface area (Å²) in [6.07, 6.45) is 7.98. The molecule has 4 rings (SSSR count). The number of nitrogens with one attached hydrogen (secondary N) is 1. The molecule has 0 atom stereocenters. The molecule has 1 amide bonds. The van der Waals surface area contributed by atoms with Crippen LogP contribution in [0.15, 0.2) is 40.0 Å². The van der Waals surface area contributed by atoms with Crippen molar-refractivity contribution in [2.75, 3.05) is 11.9 Å². The molecule has 0 unspecified atom stereocenters. The SMILES string of the molecule is CCn1c(NCCc2ccccc2)c(/C=C2/SC(=S)N(C3CCCCC3)C2=O)c(C)c(C#N)c1=O. The normalized spacial score (nSPS) is 17.7. The first kappa shape index (κ1) is 25.2. The van der Waals surface area contributed by atoms with Gasteiger partial charge in [-0.3, -0.25) is 19.1 Å². The summed E-state index contributed by atoms with van der Waals surface area (Å²) in [6, 6.07) is 12.4. The first-order valence-electron chi connectivity index (χ1n) is 12.2. The predicted molar refractivity (Wildman–Crippen MR) is 146 cm³/mol. The zero-order valence-corrected chi connectivity index (χ0v) is 21.8. The summed E-state index contributed by atoms with van der Waals surface area (Å²) in [4.78, 5) is 28.8. The van der Waals surface area contributed by atoms with Gasteiger partial charge in [-0.2, -0.15) is 5.26 Å². The summed E-state index contributed by atoms with van der Waals surface area (Å²) < 4.78 is 2.18. The molecule has 2 heterocycles. The van der Waals surface area contributed by atoms with Crippen LogP contribution >= 0.6 is 24.0 Å². The fraction of sp³-hybridized carbons (Fsp3) is 0.407. The summed E-state index contributed by atoms with van der Waals surface area (Å²) in [6.45, 7) is 4.67. The van der Waals surface area contributed by atoms with Gasteiger partial charge in [-0.05, 0) is 50.3 Å². The number of carbonyl (C=O) groups excluding carboxylic acids is 1. The second-order valence-electron chi connectivity index (χ2n) is 8.93. The summed E-state index contributed by atoms with van der Waals surface area (Å²) >= 11 is 6.91. The smallest absolute Gasteiger partial charge is 0.270 e. The maximum atomic E-state index is 13.4. The van der Waals surface area contributed by atoms with Gasteiger partial charge in [0.1, 0.15) is 21.8 Å². The standard InChI is InChI=1S/C27H30N4O2S2/c1-3-30-24(29-15-14-19-10-6-4-7-11-19)21(18(2)22(17-28)25(30)32)16-23-26(33)31(27(34)35-23)20-12-8-5-9-13-20/h4,6-7,10-11,16,20,29H,3,5,8-9,12-15H2,1-2H3/b23-16+. The van der Waals surface area contributed by atoms with Gasteiger partial charge in [0.15, 0.2) is 0 Å². The van der Waals surface area contributed by atoms with Crippen molar-refractivity contribution >= 4 is 46.1 Å². The van der Waals surface area contributed by atoms with Crippen molar-refractivity contribution in [3.05, 3.63) is 67.8 Å². The van der Waals surface area contributed by atoms with Crippen LogP contribution in [0.2, 0.25) is 0 Å². The minimum atomic E-state index is -0.318. The van der Waals surface area contributed by atoms with Gasteiger partial charge in [0.05, 0.1) is 4.91 Å². The van der Waals surface area contributed by atoms with Crippen LogP contribution in [0.3, 0.4) is 0 Å². The van der Waals surface area contributed by atoms with Crippen molar-refractivity contribution < 1.29 is 4.79 Å². The van der Waals surface area contributed by atoms with Crippen LogP contribution in [-0.4, -0.2) is 32.3 Å². The van der Waals surface area contributed by atoms with Crippen molar-refractivity contribution in [1.82, 2.24) is 9.47 Å². The highest BCUT2D eigenvalue weighted by atomic mass is 32.2. The van der Waals surface area contributed by atoms with Gasteiger partial charge in [-0.25, -0.2) is 0 Å². The Kier molecular flexibility index (Phi) is 8.09. The molecule has 2 aromatic rings. The van der Waals surface area contributed by atoms with Crippen molar-refractivity contribution in [2.24, 2.45) is 0 Å². The fourth-order valence-electron chi connectivity index (χ4n) is 4.89. The molecule has 0 spiro atoms. The number of amides is 1. The number of hydrogen-bond donors (Lipinski definition) is 1. The number of nitrogens with zero attached hydrogens (tertiary/aromatic N) is 3. The maximum absolute atomic E-state index is 13.4. The van der Waals surface area contributed by atoms with Gasteiger partial charge in [-0.1, -0.05) is 73.6 Å². The van der Waals surface area contributed by atoms with Crippen LogP contribution < -0.4 is 10.9 Å². The molecule has 1 saturated carbocycles. The zero-order chi connectivity index (χ0) is 24.9. The topological polar surface area (TPSA) is 78.1 Å². The lowest BCUT2D eigenvalue weighted by Crippen LogP contribution is -2.39. The van der Waals surface area contributed by atoms with E-state index >= 15 is 0 Å². The summed E-state index contributed by atoms with van der Waals surface area (Å²) in [5.41, 5.74) is 2.24. The monoisotopic (exact) mass is 506 g/mol. The van der Waals surface area contributed by atoms with Crippen LogP contribution in [0.4, 0.5) is 5.82 Å². The molecule has 1 N–H and O–H groups in total. The van der Waals surface area contributed by atoms with E-state index in [1.807, 2.05) is 31.2 Å². The van der Waals surface area contributed by atoms with E-state index in [0.29, 0.717) is 39.3 Å². The lowest BCUT2D eigenvalue weighted by Gasteiger charge is -2.29. The van der Waals surface area contributed by atoms with Crippen molar-refractivity contribution in [1.29, 1.82) is 5.26 Å². The quantitative estimate of drug-likeness (QED) is 0.409. The van der Waals surface area contributed by atoms with E-state index in [2.05, 4.69) is 23.5 Å². The van der Waals surface area contributed by atoms with E-state index in [4.69, 9.17) is 12.2 Å². The third-order valence-corrected chi connectivity index (χ3v) is 8.11.